The van der Waals surface area contributed by atoms with E-state index in [-0.39, 0.29) is 16.4 Å². The van der Waals surface area contributed by atoms with Crippen molar-refractivity contribution in [1.82, 2.24) is 5.01 Å². The van der Waals surface area contributed by atoms with Gasteiger partial charge in [0.25, 0.3) is 5.91 Å². The number of hydrazone groups is 1. The second kappa shape index (κ2) is 6.79. The summed E-state index contributed by atoms with van der Waals surface area (Å²) in [7, 11) is 0. The van der Waals surface area contributed by atoms with Crippen LogP contribution in [0.2, 0.25) is 5.02 Å². The van der Waals surface area contributed by atoms with Gasteiger partial charge in [0, 0.05) is 5.56 Å². The van der Waals surface area contributed by atoms with Crippen molar-refractivity contribution < 1.29 is 13.6 Å². The average Bonchev–Trinajstić information content (AvgIpc) is 3.28. The van der Waals surface area contributed by atoms with Gasteiger partial charge in [-0.3, -0.25) is 10.2 Å². The van der Waals surface area contributed by atoms with Gasteiger partial charge in [-0.05, 0) is 54.6 Å². The average molecular weight is 403 g/mol. The van der Waals surface area contributed by atoms with Gasteiger partial charge < -0.3 is 4.42 Å². The summed E-state index contributed by atoms with van der Waals surface area (Å²) in [6.07, 6.45) is 2.15. The van der Waals surface area contributed by atoms with Crippen molar-refractivity contribution >= 4 is 51.4 Å². The first-order valence-corrected chi connectivity index (χ1v) is 9.20. The number of hydrogen-bond acceptors (Lipinski definition) is 5. The lowest BCUT2D eigenvalue weighted by atomic mass is 10.1. The molecule has 0 saturated carbocycles. The van der Waals surface area contributed by atoms with E-state index in [1.54, 1.807) is 18.2 Å². The molecule has 6 nitrogen and oxygen atoms in total. The maximum atomic E-state index is 13.3. The molecule has 1 aromatic carbocycles. The number of furan rings is 1. The van der Waals surface area contributed by atoms with Crippen LogP contribution in [0.3, 0.4) is 0 Å². The van der Waals surface area contributed by atoms with E-state index in [4.69, 9.17) is 21.4 Å². The van der Waals surface area contributed by atoms with E-state index in [1.807, 2.05) is 6.92 Å². The number of benzene rings is 1. The van der Waals surface area contributed by atoms with Crippen molar-refractivity contribution in [1.29, 1.82) is 5.41 Å². The van der Waals surface area contributed by atoms with Crippen LogP contribution < -0.4 is 0 Å². The van der Waals surface area contributed by atoms with Crippen molar-refractivity contribution in [3.8, 4) is 11.3 Å². The molecular weight excluding hydrogens is 391 g/mol. The number of nitrogens with one attached hydrogen (secondary N) is 1. The smallest absolute Gasteiger partial charge is 0.283 e. The van der Waals surface area contributed by atoms with E-state index in [0.29, 0.717) is 28.7 Å². The van der Waals surface area contributed by atoms with Gasteiger partial charge in [0.15, 0.2) is 5.84 Å². The molecule has 2 aliphatic heterocycles. The van der Waals surface area contributed by atoms with Crippen molar-refractivity contribution in [2.75, 3.05) is 0 Å². The van der Waals surface area contributed by atoms with Gasteiger partial charge in [0.2, 0.25) is 5.17 Å². The standard InChI is InChI=1S/C18H12ClFN4O2S/c1-2-15-23-24-16(21)11(17(25)22-18(24)27-15)8-10-4-6-14(26-10)9-3-5-13(20)12(19)7-9/h3-8,21H,2H2,1H3/b11-8+,21-16?. The molecule has 0 spiro atoms. The van der Waals surface area contributed by atoms with E-state index in [0.717, 1.165) is 5.04 Å². The van der Waals surface area contributed by atoms with Gasteiger partial charge in [-0.15, -0.1) is 0 Å². The molecule has 4 rings (SSSR count). The van der Waals surface area contributed by atoms with Crippen LogP contribution >= 0.6 is 23.4 Å². The number of fused-ring (bicyclic) bond motifs is 1. The van der Waals surface area contributed by atoms with E-state index in [1.165, 1.54) is 35.0 Å². The second-order valence-electron chi connectivity index (χ2n) is 5.70. The van der Waals surface area contributed by atoms with Crippen LogP contribution in [0.4, 0.5) is 4.39 Å². The molecule has 27 heavy (non-hydrogen) atoms. The summed E-state index contributed by atoms with van der Waals surface area (Å²) in [6, 6.07) is 7.59. The predicted octanol–water partition coefficient (Wildman–Crippen LogP) is 4.77. The third-order valence-electron chi connectivity index (χ3n) is 3.92. The number of carbonyl (C=O) groups excluding carboxylic acids is 1. The van der Waals surface area contributed by atoms with Gasteiger partial charge in [-0.2, -0.15) is 15.1 Å². The minimum atomic E-state index is -0.519. The summed E-state index contributed by atoms with van der Waals surface area (Å²) in [4.78, 5) is 16.3. The molecule has 0 aliphatic carbocycles. The van der Waals surface area contributed by atoms with Crippen LogP contribution in [-0.2, 0) is 4.79 Å². The van der Waals surface area contributed by atoms with Crippen molar-refractivity contribution in [3.63, 3.8) is 0 Å². The normalized spacial score (nSPS) is 18.0. The highest BCUT2D eigenvalue weighted by Gasteiger charge is 2.35. The first kappa shape index (κ1) is 17.7. The third kappa shape index (κ3) is 3.22. The zero-order chi connectivity index (χ0) is 19.1. The monoisotopic (exact) mass is 402 g/mol. The Morgan fingerprint density at radius 3 is 2.93 bits per heavy atom. The largest absolute Gasteiger partial charge is 0.457 e. The number of carbonyl (C=O) groups is 1. The summed E-state index contributed by atoms with van der Waals surface area (Å²) in [5.41, 5.74) is 0.683. The van der Waals surface area contributed by atoms with Gasteiger partial charge in [0.1, 0.15) is 22.4 Å². The lowest BCUT2D eigenvalue weighted by molar-refractivity contribution is -0.114. The molecule has 0 unspecified atom stereocenters. The van der Waals surface area contributed by atoms with Crippen molar-refractivity contribution in [2.45, 2.75) is 13.3 Å². The zero-order valence-electron chi connectivity index (χ0n) is 14.0. The number of rotatable bonds is 3. The van der Waals surface area contributed by atoms with Gasteiger partial charge >= 0.3 is 0 Å². The van der Waals surface area contributed by atoms with E-state index in [9.17, 15) is 9.18 Å². The lowest BCUT2D eigenvalue weighted by Gasteiger charge is -2.19. The van der Waals surface area contributed by atoms with Crippen molar-refractivity contribution in [2.24, 2.45) is 10.1 Å². The predicted molar refractivity (Wildman–Crippen MR) is 104 cm³/mol. The summed E-state index contributed by atoms with van der Waals surface area (Å²) in [5, 5.41) is 15.1. The Morgan fingerprint density at radius 2 is 2.19 bits per heavy atom. The van der Waals surface area contributed by atoms with E-state index >= 15 is 0 Å². The van der Waals surface area contributed by atoms with Crippen LogP contribution in [0.5, 0.6) is 0 Å². The third-order valence-corrected chi connectivity index (χ3v) is 5.26. The highest BCUT2D eigenvalue weighted by Crippen LogP contribution is 2.31. The highest BCUT2D eigenvalue weighted by atomic mass is 35.5. The van der Waals surface area contributed by atoms with Crippen molar-refractivity contribution in [3.05, 3.63) is 52.5 Å². The maximum Gasteiger partial charge on any atom is 0.283 e. The topological polar surface area (TPSA) is 82.0 Å². The number of aliphatic imine (C=N–C) groups is 1. The second-order valence-corrected chi connectivity index (χ2v) is 7.15. The maximum absolute atomic E-state index is 13.3. The molecule has 136 valence electrons. The number of nitrogens with zero attached hydrogens (tertiary/aromatic N) is 3. The van der Waals surface area contributed by atoms with Gasteiger partial charge in [-0.1, -0.05) is 18.5 Å². The summed E-state index contributed by atoms with van der Waals surface area (Å²) in [6.45, 7) is 1.94. The molecule has 0 bridgehead atoms. The number of amidine groups is 2. The first-order valence-electron chi connectivity index (χ1n) is 8.00. The highest BCUT2D eigenvalue weighted by molar-refractivity contribution is 8.26. The molecule has 1 N–H and O–H groups in total. The van der Waals surface area contributed by atoms with Crippen LogP contribution in [-0.4, -0.2) is 27.0 Å². The lowest BCUT2D eigenvalue weighted by Crippen LogP contribution is -2.35. The number of thioether (sulfide) groups is 1. The van der Waals surface area contributed by atoms with E-state index in [2.05, 4.69) is 10.1 Å². The van der Waals surface area contributed by atoms with Gasteiger partial charge in [-0.25, -0.2) is 4.39 Å². The summed E-state index contributed by atoms with van der Waals surface area (Å²) < 4.78 is 19.0. The van der Waals surface area contributed by atoms with E-state index < -0.39 is 11.7 Å². The quantitative estimate of drug-likeness (QED) is 0.750. The van der Waals surface area contributed by atoms with Crippen LogP contribution in [0, 0.1) is 11.2 Å². The Labute approximate surface area is 162 Å². The molecule has 1 aromatic heterocycles. The fraction of sp³-hybridized carbons (Fsp3) is 0.111. The van der Waals surface area contributed by atoms with Crippen LogP contribution in [0.15, 0.2) is 50.4 Å². The van der Waals surface area contributed by atoms with Gasteiger partial charge in [0.05, 0.1) is 10.6 Å². The molecule has 9 heteroatoms. The molecule has 2 aliphatic rings. The Morgan fingerprint density at radius 1 is 1.37 bits per heavy atom. The Balaban J connectivity index is 1.65. The Kier molecular flexibility index (Phi) is 4.45. The Hall–Kier alpha value is -2.71. The molecule has 2 aromatic rings. The first-order chi connectivity index (χ1) is 13.0. The fourth-order valence-electron chi connectivity index (χ4n) is 2.55. The molecule has 0 fully saturated rings. The molecule has 0 atom stereocenters. The Bertz CT molecular complexity index is 1070. The fourth-order valence-corrected chi connectivity index (χ4v) is 3.56. The number of amides is 1. The summed E-state index contributed by atoms with van der Waals surface area (Å²) >= 11 is 7.09. The minimum absolute atomic E-state index is 0.00831. The molecule has 1 amide bonds. The zero-order valence-corrected chi connectivity index (χ0v) is 15.6. The number of hydrogen-bond donors (Lipinski definition) is 1. The van der Waals surface area contributed by atoms with Crippen LogP contribution in [0.25, 0.3) is 17.4 Å². The molecule has 0 radical (unpaired) electrons. The minimum Gasteiger partial charge on any atom is -0.457 e. The molecule has 3 heterocycles. The number of halogens is 2. The molecular formula is C18H12ClFN4O2S. The SMILES string of the molecule is CCC1=NN2C(=N)/C(=C\c3ccc(-c4ccc(F)c(Cl)c4)o3)C(=O)N=C2S1. The molecule has 0 saturated heterocycles. The van der Waals surface area contributed by atoms with Crippen LogP contribution in [0.1, 0.15) is 19.1 Å². The summed E-state index contributed by atoms with van der Waals surface area (Å²) in [5.74, 6) is -0.257.